The van der Waals surface area contributed by atoms with Crippen LogP contribution < -0.4 is 20.1 Å². The van der Waals surface area contributed by atoms with Crippen molar-refractivity contribution >= 4 is 11.8 Å². The second kappa shape index (κ2) is 10.2. The van der Waals surface area contributed by atoms with Gasteiger partial charge in [-0.3, -0.25) is 9.59 Å². The zero-order valence-corrected chi connectivity index (χ0v) is 14.3. The van der Waals surface area contributed by atoms with Gasteiger partial charge < -0.3 is 20.1 Å². The van der Waals surface area contributed by atoms with E-state index in [2.05, 4.69) is 17.2 Å². The second-order valence-corrected chi connectivity index (χ2v) is 5.04. The van der Waals surface area contributed by atoms with Crippen LogP contribution in [0.15, 0.2) is 18.2 Å². The number of nitrogens with one attached hydrogen (secondary N) is 2. The molecule has 1 rings (SSSR count). The summed E-state index contributed by atoms with van der Waals surface area (Å²) in [7, 11) is 2.99. The van der Waals surface area contributed by atoms with Gasteiger partial charge in [0.2, 0.25) is 0 Å². The summed E-state index contributed by atoms with van der Waals surface area (Å²) in [6.07, 6.45) is -4.18. The summed E-state index contributed by atoms with van der Waals surface area (Å²) in [5.74, 6) is 3.62. The van der Waals surface area contributed by atoms with Gasteiger partial charge in [0.05, 0.1) is 14.2 Å². The lowest BCUT2D eigenvalue weighted by atomic mass is 10.2. The average Bonchev–Trinajstić information content (AvgIpc) is 2.61. The summed E-state index contributed by atoms with van der Waals surface area (Å²) < 4.78 is 46.1. The van der Waals surface area contributed by atoms with Crippen molar-refractivity contribution in [2.75, 3.05) is 27.3 Å². The van der Waals surface area contributed by atoms with Gasteiger partial charge in [0.1, 0.15) is 0 Å². The Bertz CT molecular complexity index is 693. The Balaban J connectivity index is 2.34. The van der Waals surface area contributed by atoms with E-state index in [0.717, 1.165) is 0 Å². The number of amides is 2. The molecule has 0 aliphatic heterocycles. The van der Waals surface area contributed by atoms with Crippen LogP contribution in [-0.4, -0.2) is 45.3 Å². The van der Waals surface area contributed by atoms with Gasteiger partial charge in [0.25, 0.3) is 5.91 Å². The molecule has 0 heterocycles. The van der Waals surface area contributed by atoms with E-state index in [1.807, 2.05) is 0 Å². The van der Waals surface area contributed by atoms with E-state index in [1.54, 1.807) is 23.5 Å². The maximum atomic E-state index is 11.9. The summed E-state index contributed by atoms with van der Waals surface area (Å²) in [4.78, 5) is 22.2. The maximum absolute atomic E-state index is 11.9. The fraction of sp³-hybridized carbons (Fsp3) is 0.412. The third-order valence-corrected chi connectivity index (χ3v) is 3.14. The molecule has 0 saturated heterocycles. The molecule has 0 spiro atoms. The molecular weight excluding hydrogens is 353 g/mol. The zero-order valence-electron chi connectivity index (χ0n) is 14.3. The van der Waals surface area contributed by atoms with Crippen LogP contribution in [-0.2, 0) is 9.59 Å². The van der Waals surface area contributed by atoms with Crippen molar-refractivity contribution in [1.82, 2.24) is 10.6 Å². The molecule has 0 atom stereocenters. The smallest absolute Gasteiger partial charge is 0.471 e. The van der Waals surface area contributed by atoms with Crippen LogP contribution in [0, 0.1) is 11.8 Å². The monoisotopic (exact) mass is 372 g/mol. The van der Waals surface area contributed by atoms with Gasteiger partial charge >= 0.3 is 12.1 Å². The van der Waals surface area contributed by atoms with Gasteiger partial charge in [-0.25, -0.2) is 0 Å². The van der Waals surface area contributed by atoms with Crippen LogP contribution in [0.3, 0.4) is 0 Å². The van der Waals surface area contributed by atoms with E-state index < -0.39 is 18.0 Å². The van der Waals surface area contributed by atoms with Crippen LogP contribution in [0.4, 0.5) is 13.2 Å². The first kappa shape index (κ1) is 21.2. The Morgan fingerprint density at radius 2 is 1.65 bits per heavy atom. The Kier molecular flexibility index (Phi) is 8.28. The molecule has 0 aliphatic carbocycles. The Labute approximate surface area is 149 Å². The number of carbonyl (C=O) groups excluding carboxylic acids is 2. The molecule has 2 amide bonds. The Morgan fingerprint density at radius 1 is 1.04 bits per heavy atom. The molecule has 0 fully saturated rings. The van der Waals surface area contributed by atoms with Gasteiger partial charge in [-0.1, -0.05) is 5.92 Å². The van der Waals surface area contributed by atoms with Crippen LogP contribution in [0.25, 0.3) is 0 Å². The SMILES string of the molecule is COc1ccc(C#CC(=O)NCCCCNC(=O)C(F)(F)F)cc1OC. The summed E-state index contributed by atoms with van der Waals surface area (Å²) in [6, 6.07) is 4.96. The molecule has 26 heavy (non-hydrogen) atoms. The lowest BCUT2D eigenvalue weighted by Gasteiger charge is -2.07. The summed E-state index contributed by atoms with van der Waals surface area (Å²) in [5, 5.41) is 4.27. The van der Waals surface area contributed by atoms with Crippen molar-refractivity contribution in [3.8, 4) is 23.3 Å². The summed E-state index contributed by atoms with van der Waals surface area (Å²) in [6.45, 7) is 0.118. The molecule has 0 saturated carbocycles. The van der Waals surface area contributed by atoms with E-state index in [-0.39, 0.29) is 13.1 Å². The van der Waals surface area contributed by atoms with Crippen molar-refractivity contribution in [2.24, 2.45) is 0 Å². The van der Waals surface area contributed by atoms with Crippen LogP contribution >= 0.6 is 0 Å². The first-order valence-electron chi connectivity index (χ1n) is 7.65. The number of carbonyl (C=O) groups is 2. The number of methoxy groups -OCH3 is 2. The number of halogens is 3. The Hall–Kier alpha value is -2.89. The first-order chi connectivity index (χ1) is 12.3. The molecule has 0 aliphatic rings. The minimum absolute atomic E-state index is 0.120. The third kappa shape index (κ3) is 7.34. The highest BCUT2D eigenvalue weighted by molar-refractivity contribution is 5.94. The molecule has 0 aromatic heterocycles. The number of ether oxygens (including phenoxy) is 2. The predicted octanol–water partition coefficient (Wildman–Crippen LogP) is 1.63. The second-order valence-electron chi connectivity index (χ2n) is 5.04. The van der Waals surface area contributed by atoms with Gasteiger partial charge in [-0.05, 0) is 31.0 Å². The van der Waals surface area contributed by atoms with Gasteiger partial charge in [0.15, 0.2) is 11.5 Å². The van der Waals surface area contributed by atoms with E-state index >= 15 is 0 Å². The van der Waals surface area contributed by atoms with Crippen molar-refractivity contribution < 1.29 is 32.2 Å². The molecule has 0 bridgehead atoms. The van der Waals surface area contributed by atoms with E-state index in [0.29, 0.717) is 29.9 Å². The standard InChI is InChI=1S/C17H19F3N2O4/c1-25-13-7-5-12(11-14(13)26-2)6-8-15(23)21-9-3-4-10-22-16(24)17(18,19)20/h5,7,11H,3-4,9-10H2,1-2H3,(H,21,23)(H,22,24). The third-order valence-electron chi connectivity index (χ3n) is 3.14. The normalized spacial score (nSPS) is 10.3. The lowest BCUT2D eigenvalue weighted by molar-refractivity contribution is -0.173. The highest BCUT2D eigenvalue weighted by atomic mass is 19.4. The molecule has 0 unspecified atom stereocenters. The maximum Gasteiger partial charge on any atom is 0.471 e. The van der Waals surface area contributed by atoms with Crippen molar-refractivity contribution in [2.45, 2.75) is 19.0 Å². The van der Waals surface area contributed by atoms with Crippen molar-refractivity contribution in [1.29, 1.82) is 0 Å². The molecule has 1 aromatic carbocycles. The van der Waals surface area contributed by atoms with Crippen molar-refractivity contribution in [3.63, 3.8) is 0 Å². The van der Waals surface area contributed by atoms with E-state index in [4.69, 9.17) is 9.47 Å². The molecule has 6 nitrogen and oxygen atoms in total. The number of alkyl halides is 3. The Morgan fingerprint density at radius 3 is 2.23 bits per heavy atom. The van der Waals surface area contributed by atoms with E-state index in [9.17, 15) is 22.8 Å². The minimum Gasteiger partial charge on any atom is -0.493 e. The number of hydrogen-bond acceptors (Lipinski definition) is 4. The number of rotatable bonds is 7. The van der Waals surface area contributed by atoms with Gasteiger partial charge in [-0.15, -0.1) is 0 Å². The predicted molar refractivity (Wildman–Crippen MR) is 87.7 cm³/mol. The molecule has 2 N–H and O–H groups in total. The quantitative estimate of drug-likeness (QED) is 0.564. The van der Waals surface area contributed by atoms with Crippen molar-refractivity contribution in [3.05, 3.63) is 23.8 Å². The van der Waals surface area contributed by atoms with Gasteiger partial charge in [-0.2, -0.15) is 13.2 Å². The number of unbranched alkanes of at least 4 members (excludes halogenated alkanes) is 1. The average molecular weight is 372 g/mol. The fourth-order valence-corrected chi connectivity index (χ4v) is 1.84. The minimum atomic E-state index is -4.88. The highest BCUT2D eigenvalue weighted by Gasteiger charge is 2.38. The summed E-state index contributed by atoms with van der Waals surface area (Å²) in [5.41, 5.74) is 0.563. The first-order valence-corrected chi connectivity index (χ1v) is 7.65. The summed E-state index contributed by atoms with van der Waals surface area (Å²) >= 11 is 0. The topological polar surface area (TPSA) is 76.7 Å². The lowest BCUT2D eigenvalue weighted by Crippen LogP contribution is -2.37. The molecular formula is C17H19F3N2O4. The highest BCUT2D eigenvalue weighted by Crippen LogP contribution is 2.27. The molecule has 142 valence electrons. The fourth-order valence-electron chi connectivity index (χ4n) is 1.84. The van der Waals surface area contributed by atoms with Crippen LogP contribution in [0.5, 0.6) is 11.5 Å². The number of benzene rings is 1. The molecule has 9 heteroatoms. The zero-order chi connectivity index (χ0) is 19.6. The molecule has 0 radical (unpaired) electrons. The van der Waals surface area contributed by atoms with Crippen LogP contribution in [0.1, 0.15) is 18.4 Å². The van der Waals surface area contributed by atoms with Gasteiger partial charge in [0, 0.05) is 24.6 Å². The van der Waals surface area contributed by atoms with E-state index in [1.165, 1.54) is 14.2 Å². The molecule has 1 aromatic rings. The number of hydrogen-bond donors (Lipinski definition) is 2. The largest absolute Gasteiger partial charge is 0.493 e. The van der Waals surface area contributed by atoms with Crippen LogP contribution in [0.2, 0.25) is 0 Å².